The van der Waals surface area contributed by atoms with Gasteiger partial charge in [-0.3, -0.25) is 9.58 Å². The molecule has 1 rings (SSSR count). The number of aromatic nitrogens is 2. The van der Waals surface area contributed by atoms with Crippen LogP contribution in [0.4, 0.5) is 13.2 Å². The fraction of sp³-hybridized carbons (Fsp3) is 0.750. The van der Waals surface area contributed by atoms with E-state index in [9.17, 15) is 13.2 Å². The Balaban J connectivity index is 2.65. The number of alkyl halides is 3. The van der Waals surface area contributed by atoms with Crippen LogP contribution in [0.2, 0.25) is 0 Å². The molecule has 1 aromatic rings. The molecule has 4 nitrogen and oxygen atoms in total. The number of nitrogens with zero attached hydrogens (tertiary/aromatic N) is 3. The normalized spacial score (nSPS) is 14.1. The van der Waals surface area contributed by atoms with Crippen molar-refractivity contribution in [1.82, 2.24) is 14.7 Å². The van der Waals surface area contributed by atoms with Crippen LogP contribution in [0, 0.1) is 0 Å². The summed E-state index contributed by atoms with van der Waals surface area (Å²) in [7, 11) is 0. The van der Waals surface area contributed by atoms with Gasteiger partial charge in [-0.25, -0.2) is 0 Å². The standard InChI is InChI=1S/C12H21F3N4/c1-3-10(2)19-6-4-11(17-19)8-18(7-5-16)9-12(13,14)15/h4,6,10H,3,5,7-9,16H2,1-2H3. The highest BCUT2D eigenvalue weighted by Crippen LogP contribution is 2.18. The third kappa shape index (κ3) is 5.61. The minimum Gasteiger partial charge on any atom is -0.329 e. The zero-order valence-corrected chi connectivity index (χ0v) is 11.3. The Morgan fingerprint density at radius 1 is 1.47 bits per heavy atom. The fourth-order valence-corrected chi connectivity index (χ4v) is 1.77. The maximum absolute atomic E-state index is 12.4. The van der Waals surface area contributed by atoms with Gasteiger partial charge in [-0.2, -0.15) is 18.3 Å². The highest BCUT2D eigenvalue weighted by atomic mass is 19.4. The lowest BCUT2D eigenvalue weighted by Crippen LogP contribution is -2.37. The van der Waals surface area contributed by atoms with Gasteiger partial charge in [-0.15, -0.1) is 0 Å². The zero-order chi connectivity index (χ0) is 14.5. The molecule has 7 heteroatoms. The van der Waals surface area contributed by atoms with Crippen LogP contribution in [0.5, 0.6) is 0 Å². The summed E-state index contributed by atoms with van der Waals surface area (Å²) in [5.41, 5.74) is 5.98. The van der Waals surface area contributed by atoms with Crippen LogP contribution < -0.4 is 5.73 Å². The molecular formula is C12H21F3N4. The van der Waals surface area contributed by atoms with Crippen LogP contribution in [-0.2, 0) is 6.54 Å². The first-order valence-electron chi connectivity index (χ1n) is 6.39. The van der Waals surface area contributed by atoms with Gasteiger partial charge in [-0.05, 0) is 19.4 Å². The Morgan fingerprint density at radius 3 is 2.68 bits per heavy atom. The van der Waals surface area contributed by atoms with E-state index in [1.165, 1.54) is 4.90 Å². The minimum absolute atomic E-state index is 0.167. The largest absolute Gasteiger partial charge is 0.401 e. The molecule has 0 spiro atoms. The molecule has 2 N–H and O–H groups in total. The van der Waals surface area contributed by atoms with Crippen molar-refractivity contribution in [3.8, 4) is 0 Å². The van der Waals surface area contributed by atoms with Gasteiger partial charge in [-0.1, -0.05) is 6.92 Å². The topological polar surface area (TPSA) is 47.1 Å². The summed E-state index contributed by atoms with van der Waals surface area (Å²) in [6.45, 7) is 3.67. The van der Waals surface area contributed by atoms with Gasteiger partial charge in [0.15, 0.2) is 0 Å². The van der Waals surface area contributed by atoms with Gasteiger partial charge in [0.25, 0.3) is 0 Å². The molecule has 0 amide bonds. The Bertz CT molecular complexity index is 375. The predicted octanol–water partition coefficient (Wildman–Crippen LogP) is 2.18. The van der Waals surface area contributed by atoms with E-state index in [1.807, 2.05) is 13.8 Å². The molecule has 1 aromatic heterocycles. The Labute approximate surface area is 111 Å². The van der Waals surface area contributed by atoms with Gasteiger partial charge < -0.3 is 5.73 Å². The fourth-order valence-electron chi connectivity index (χ4n) is 1.77. The number of rotatable bonds is 7. The van der Waals surface area contributed by atoms with E-state index in [0.717, 1.165) is 6.42 Å². The highest BCUT2D eigenvalue weighted by Gasteiger charge is 2.30. The third-order valence-electron chi connectivity index (χ3n) is 2.94. The lowest BCUT2D eigenvalue weighted by Gasteiger charge is -2.21. The first-order valence-corrected chi connectivity index (χ1v) is 6.39. The van der Waals surface area contributed by atoms with E-state index in [2.05, 4.69) is 5.10 Å². The van der Waals surface area contributed by atoms with Gasteiger partial charge in [0, 0.05) is 31.9 Å². The molecular weight excluding hydrogens is 257 g/mol. The Morgan fingerprint density at radius 2 is 2.16 bits per heavy atom. The molecule has 0 aromatic carbocycles. The van der Waals surface area contributed by atoms with Crippen molar-refractivity contribution in [2.45, 2.75) is 39.0 Å². The lowest BCUT2D eigenvalue weighted by molar-refractivity contribution is -0.146. The van der Waals surface area contributed by atoms with Crippen molar-refractivity contribution in [2.24, 2.45) is 5.73 Å². The van der Waals surface area contributed by atoms with Crippen LogP contribution in [0.25, 0.3) is 0 Å². The maximum Gasteiger partial charge on any atom is 0.401 e. The summed E-state index contributed by atoms with van der Waals surface area (Å²) in [6.07, 6.45) is -1.48. The molecule has 0 fully saturated rings. The highest BCUT2D eigenvalue weighted by molar-refractivity contribution is 4.99. The van der Waals surface area contributed by atoms with Crippen molar-refractivity contribution < 1.29 is 13.2 Å². The molecule has 1 atom stereocenters. The molecule has 0 bridgehead atoms. The van der Waals surface area contributed by atoms with Crippen molar-refractivity contribution in [3.05, 3.63) is 18.0 Å². The molecule has 1 unspecified atom stereocenters. The average Bonchev–Trinajstić information content (AvgIpc) is 2.74. The first kappa shape index (κ1) is 16.0. The second-order valence-corrected chi connectivity index (χ2v) is 4.66. The number of halogens is 3. The van der Waals surface area contributed by atoms with Gasteiger partial charge >= 0.3 is 6.18 Å². The molecule has 0 radical (unpaired) electrons. The molecule has 0 aliphatic carbocycles. The van der Waals surface area contributed by atoms with E-state index >= 15 is 0 Å². The summed E-state index contributed by atoms with van der Waals surface area (Å²) in [5.74, 6) is 0. The van der Waals surface area contributed by atoms with Gasteiger partial charge in [0.05, 0.1) is 12.2 Å². The maximum atomic E-state index is 12.4. The summed E-state index contributed by atoms with van der Waals surface area (Å²) in [4.78, 5) is 1.27. The summed E-state index contributed by atoms with van der Waals surface area (Å²) >= 11 is 0. The third-order valence-corrected chi connectivity index (χ3v) is 2.94. The van der Waals surface area contributed by atoms with E-state index in [0.29, 0.717) is 5.69 Å². The van der Waals surface area contributed by atoms with Crippen LogP contribution in [0.3, 0.4) is 0 Å². The number of hydrogen-bond acceptors (Lipinski definition) is 3. The van der Waals surface area contributed by atoms with Crippen LogP contribution in [0.1, 0.15) is 32.0 Å². The number of hydrogen-bond donors (Lipinski definition) is 1. The van der Waals surface area contributed by atoms with Gasteiger partial charge in [0.2, 0.25) is 0 Å². The average molecular weight is 278 g/mol. The first-order chi connectivity index (χ1) is 8.85. The van der Waals surface area contributed by atoms with E-state index in [4.69, 9.17) is 5.73 Å². The summed E-state index contributed by atoms with van der Waals surface area (Å²) < 4.78 is 39.0. The summed E-state index contributed by atoms with van der Waals surface area (Å²) in [6, 6.07) is 2.01. The quantitative estimate of drug-likeness (QED) is 0.831. The second-order valence-electron chi connectivity index (χ2n) is 4.66. The molecule has 0 aliphatic heterocycles. The van der Waals surface area contributed by atoms with Gasteiger partial charge in [0.1, 0.15) is 0 Å². The smallest absolute Gasteiger partial charge is 0.329 e. The molecule has 0 saturated heterocycles. The predicted molar refractivity (Wildman–Crippen MR) is 67.6 cm³/mol. The monoisotopic (exact) mass is 278 g/mol. The molecule has 0 aliphatic rings. The molecule has 1 heterocycles. The molecule has 110 valence electrons. The van der Waals surface area contributed by atoms with E-state index in [1.54, 1.807) is 16.9 Å². The Kier molecular flexibility index (Phi) is 5.81. The van der Waals surface area contributed by atoms with Crippen LogP contribution in [-0.4, -0.2) is 40.5 Å². The van der Waals surface area contributed by atoms with E-state index < -0.39 is 12.7 Å². The molecule has 0 saturated carbocycles. The second kappa shape index (κ2) is 6.91. The SMILES string of the molecule is CCC(C)n1ccc(CN(CCN)CC(F)(F)F)n1. The summed E-state index contributed by atoms with van der Waals surface area (Å²) in [5, 5.41) is 4.30. The molecule has 19 heavy (non-hydrogen) atoms. The van der Waals surface area contributed by atoms with Crippen molar-refractivity contribution in [1.29, 1.82) is 0 Å². The van der Waals surface area contributed by atoms with Crippen molar-refractivity contribution in [2.75, 3.05) is 19.6 Å². The van der Waals surface area contributed by atoms with Crippen LogP contribution >= 0.6 is 0 Å². The minimum atomic E-state index is -4.21. The van der Waals surface area contributed by atoms with E-state index in [-0.39, 0.29) is 25.7 Å². The Hall–Kier alpha value is -1.08. The van der Waals surface area contributed by atoms with Crippen molar-refractivity contribution >= 4 is 0 Å². The van der Waals surface area contributed by atoms with Crippen LogP contribution in [0.15, 0.2) is 12.3 Å². The number of nitrogens with two attached hydrogens (primary N) is 1. The lowest BCUT2D eigenvalue weighted by atomic mass is 10.3. The zero-order valence-electron chi connectivity index (χ0n) is 11.3. The van der Waals surface area contributed by atoms with Crippen molar-refractivity contribution in [3.63, 3.8) is 0 Å².